The van der Waals surface area contributed by atoms with E-state index in [4.69, 9.17) is 0 Å². The minimum Gasteiger partial charge on any atom is -0.309 e. The summed E-state index contributed by atoms with van der Waals surface area (Å²) in [4.78, 5) is 24.1. The first-order valence-corrected chi connectivity index (χ1v) is 10.4. The molecule has 148 valence electrons. The second-order valence-electron chi connectivity index (χ2n) is 7.27. The van der Waals surface area contributed by atoms with Crippen LogP contribution in [-0.4, -0.2) is 29.7 Å². The van der Waals surface area contributed by atoms with Gasteiger partial charge < -0.3 is 9.55 Å². The smallest absolute Gasteiger partial charge is 0.258 e. The monoisotopic (exact) mass is 406 g/mol. The Hall–Kier alpha value is -3.00. The third-order valence-corrected chi connectivity index (χ3v) is 5.59. The predicted molar refractivity (Wildman–Crippen MR) is 115 cm³/mol. The average Bonchev–Trinajstić information content (AvgIpc) is 3.10. The fourth-order valence-corrected chi connectivity index (χ4v) is 4.05. The molecule has 4 rings (SSSR count). The van der Waals surface area contributed by atoms with Crippen molar-refractivity contribution in [2.75, 3.05) is 0 Å². The van der Waals surface area contributed by atoms with Crippen molar-refractivity contribution in [2.45, 2.75) is 37.7 Å². The predicted octanol–water partition coefficient (Wildman–Crippen LogP) is 4.09. The zero-order chi connectivity index (χ0) is 20.4. The van der Waals surface area contributed by atoms with Crippen LogP contribution in [-0.2, 0) is 6.54 Å². The van der Waals surface area contributed by atoms with E-state index in [0.29, 0.717) is 22.6 Å². The second kappa shape index (κ2) is 8.16. The van der Waals surface area contributed by atoms with Gasteiger partial charge in [-0.15, -0.1) is 10.2 Å². The molecule has 0 amide bonds. The number of aromatic amines is 1. The van der Waals surface area contributed by atoms with Crippen LogP contribution < -0.4 is 5.56 Å². The summed E-state index contributed by atoms with van der Waals surface area (Å²) in [5.74, 6) is 1.87. The van der Waals surface area contributed by atoms with Gasteiger partial charge in [0.25, 0.3) is 5.56 Å². The molecule has 29 heavy (non-hydrogen) atoms. The molecule has 8 heteroatoms. The van der Waals surface area contributed by atoms with Crippen molar-refractivity contribution >= 4 is 22.7 Å². The van der Waals surface area contributed by atoms with Crippen LogP contribution >= 0.6 is 11.8 Å². The Morgan fingerprint density at radius 1 is 1.07 bits per heavy atom. The molecule has 0 aliphatic rings. The molecule has 0 bridgehead atoms. The fourth-order valence-electron chi connectivity index (χ4n) is 3.13. The molecule has 1 aromatic carbocycles. The number of rotatable bonds is 6. The summed E-state index contributed by atoms with van der Waals surface area (Å²) in [7, 11) is 0. The first-order valence-electron chi connectivity index (χ1n) is 9.52. The second-order valence-corrected chi connectivity index (χ2v) is 8.58. The first kappa shape index (κ1) is 19.3. The van der Waals surface area contributed by atoms with Crippen LogP contribution in [0.4, 0.5) is 0 Å². The van der Waals surface area contributed by atoms with Gasteiger partial charge in [-0.2, -0.15) is 0 Å². The maximum Gasteiger partial charge on any atom is 0.258 e. The fraction of sp³-hybridized carbons (Fsp3) is 0.286. The van der Waals surface area contributed by atoms with E-state index in [1.807, 2.05) is 37.3 Å². The molecule has 4 aromatic rings. The lowest BCUT2D eigenvalue weighted by atomic mass is 10.2. The molecule has 0 fully saturated rings. The Bertz CT molecular complexity index is 1180. The van der Waals surface area contributed by atoms with Crippen LogP contribution in [0.3, 0.4) is 0 Å². The van der Waals surface area contributed by atoms with Crippen molar-refractivity contribution in [3.05, 3.63) is 65.0 Å². The Balaban J connectivity index is 1.69. The number of thioether (sulfide) groups is 1. The van der Waals surface area contributed by atoms with Crippen LogP contribution in [0.2, 0.25) is 0 Å². The molecule has 1 N–H and O–H groups in total. The van der Waals surface area contributed by atoms with Crippen molar-refractivity contribution < 1.29 is 0 Å². The SMILES string of the molecule is CC(C)Cn1c(SC(C)c2nc3ccccc3c(=O)[nH]2)nnc1-c1ccncc1. The molecule has 1 unspecified atom stereocenters. The van der Waals surface area contributed by atoms with Gasteiger partial charge in [0.1, 0.15) is 5.82 Å². The molecule has 3 aromatic heterocycles. The third-order valence-electron chi connectivity index (χ3n) is 4.50. The zero-order valence-corrected chi connectivity index (χ0v) is 17.3. The topological polar surface area (TPSA) is 89.4 Å². The highest BCUT2D eigenvalue weighted by Gasteiger charge is 2.20. The normalized spacial score (nSPS) is 12.6. The van der Waals surface area contributed by atoms with Gasteiger partial charge in [-0.1, -0.05) is 37.7 Å². The standard InChI is InChI=1S/C21H22N6OS/c1-13(2)12-27-19(15-8-10-22-11-9-15)25-26-21(27)29-14(3)18-23-17-7-5-4-6-16(17)20(28)24-18/h4-11,13-14H,12H2,1-3H3,(H,23,24,28). The van der Waals surface area contributed by atoms with Crippen LogP contribution in [0.15, 0.2) is 58.7 Å². The first-order chi connectivity index (χ1) is 14.0. The number of H-pyrrole nitrogens is 1. The summed E-state index contributed by atoms with van der Waals surface area (Å²) < 4.78 is 2.13. The van der Waals surface area contributed by atoms with Crippen LogP contribution in [0.25, 0.3) is 22.3 Å². The van der Waals surface area contributed by atoms with Gasteiger partial charge in [-0.25, -0.2) is 4.98 Å². The van der Waals surface area contributed by atoms with Crippen molar-refractivity contribution in [3.63, 3.8) is 0 Å². The molecule has 0 aliphatic heterocycles. The highest BCUT2D eigenvalue weighted by atomic mass is 32.2. The molecular weight excluding hydrogens is 384 g/mol. The van der Waals surface area contributed by atoms with E-state index in [1.54, 1.807) is 18.5 Å². The molecule has 7 nitrogen and oxygen atoms in total. The zero-order valence-electron chi connectivity index (χ0n) is 16.5. The Kier molecular flexibility index (Phi) is 5.44. The summed E-state index contributed by atoms with van der Waals surface area (Å²) in [6, 6.07) is 11.2. The number of hydrogen-bond donors (Lipinski definition) is 1. The van der Waals surface area contributed by atoms with Gasteiger partial charge in [0.2, 0.25) is 0 Å². The lowest BCUT2D eigenvalue weighted by molar-refractivity contribution is 0.497. The van der Waals surface area contributed by atoms with Crippen molar-refractivity contribution in [1.82, 2.24) is 29.7 Å². The number of hydrogen-bond acceptors (Lipinski definition) is 6. The van der Waals surface area contributed by atoms with Crippen LogP contribution in [0, 0.1) is 5.92 Å². The number of nitrogens with one attached hydrogen (secondary N) is 1. The van der Waals surface area contributed by atoms with E-state index < -0.39 is 0 Å². The number of pyridine rings is 1. The summed E-state index contributed by atoms with van der Waals surface area (Å²) in [6.45, 7) is 7.13. The largest absolute Gasteiger partial charge is 0.309 e. The lowest BCUT2D eigenvalue weighted by Gasteiger charge is -2.15. The molecule has 0 saturated carbocycles. The number of para-hydroxylation sites is 1. The maximum atomic E-state index is 12.4. The molecule has 3 heterocycles. The highest BCUT2D eigenvalue weighted by molar-refractivity contribution is 7.99. The van der Waals surface area contributed by atoms with E-state index in [1.165, 1.54) is 11.8 Å². The maximum absolute atomic E-state index is 12.4. The van der Waals surface area contributed by atoms with Crippen LogP contribution in [0.1, 0.15) is 31.8 Å². The average molecular weight is 407 g/mol. The molecule has 1 atom stereocenters. The minimum absolute atomic E-state index is 0.0901. The van der Waals surface area contributed by atoms with Gasteiger partial charge in [-0.3, -0.25) is 9.78 Å². The molecular formula is C21H22N6OS. The highest BCUT2D eigenvalue weighted by Crippen LogP contribution is 2.34. The van der Waals surface area contributed by atoms with Gasteiger partial charge in [0.15, 0.2) is 11.0 Å². The van der Waals surface area contributed by atoms with Gasteiger partial charge >= 0.3 is 0 Å². The number of benzene rings is 1. The van der Waals surface area contributed by atoms with Gasteiger partial charge in [0.05, 0.1) is 16.2 Å². The number of fused-ring (bicyclic) bond motifs is 1. The molecule has 0 saturated heterocycles. The Morgan fingerprint density at radius 3 is 2.59 bits per heavy atom. The number of nitrogens with zero attached hydrogens (tertiary/aromatic N) is 5. The summed E-state index contributed by atoms with van der Waals surface area (Å²) in [6.07, 6.45) is 3.51. The van der Waals surface area contributed by atoms with E-state index in [9.17, 15) is 4.79 Å². The quantitative estimate of drug-likeness (QED) is 0.485. The van der Waals surface area contributed by atoms with Crippen molar-refractivity contribution in [2.24, 2.45) is 5.92 Å². The number of aromatic nitrogens is 6. The van der Waals surface area contributed by atoms with E-state index in [0.717, 1.165) is 23.1 Å². The Labute approximate surface area is 172 Å². The van der Waals surface area contributed by atoms with E-state index in [-0.39, 0.29) is 10.8 Å². The summed E-state index contributed by atoms with van der Waals surface area (Å²) >= 11 is 1.54. The molecule has 0 aliphatic carbocycles. The van der Waals surface area contributed by atoms with Crippen molar-refractivity contribution in [1.29, 1.82) is 0 Å². The van der Waals surface area contributed by atoms with E-state index >= 15 is 0 Å². The third kappa shape index (κ3) is 4.07. The van der Waals surface area contributed by atoms with Gasteiger partial charge in [0, 0.05) is 24.5 Å². The van der Waals surface area contributed by atoms with Gasteiger partial charge in [-0.05, 0) is 37.1 Å². The lowest BCUT2D eigenvalue weighted by Crippen LogP contribution is -2.13. The molecule has 0 spiro atoms. The van der Waals surface area contributed by atoms with Crippen LogP contribution in [0.5, 0.6) is 0 Å². The molecule has 0 radical (unpaired) electrons. The van der Waals surface area contributed by atoms with Crippen molar-refractivity contribution in [3.8, 4) is 11.4 Å². The van der Waals surface area contributed by atoms with E-state index in [2.05, 4.69) is 43.6 Å². The summed E-state index contributed by atoms with van der Waals surface area (Å²) in [5.41, 5.74) is 1.55. The summed E-state index contributed by atoms with van der Waals surface area (Å²) in [5, 5.41) is 10.2. The minimum atomic E-state index is -0.126. The Morgan fingerprint density at radius 2 is 1.83 bits per heavy atom.